The third-order valence-corrected chi connectivity index (χ3v) is 3.95. The Kier molecular flexibility index (Phi) is 4.11. The quantitative estimate of drug-likeness (QED) is 0.795. The normalized spacial score (nSPS) is 18.1. The summed E-state index contributed by atoms with van der Waals surface area (Å²) in [6.07, 6.45) is 7.04. The zero-order chi connectivity index (χ0) is 13.8. The summed E-state index contributed by atoms with van der Waals surface area (Å²) in [5, 5.41) is 16.3. The Bertz CT molecular complexity index is 516. The van der Waals surface area contributed by atoms with Crippen LogP contribution in [0.3, 0.4) is 0 Å². The lowest BCUT2D eigenvalue weighted by Gasteiger charge is -2.24. The fourth-order valence-corrected chi connectivity index (χ4v) is 2.81. The second-order valence-corrected chi connectivity index (χ2v) is 5.37. The maximum Gasteiger partial charge on any atom is 0.133 e. The van der Waals surface area contributed by atoms with Gasteiger partial charge in [0.25, 0.3) is 0 Å². The highest BCUT2D eigenvalue weighted by Gasteiger charge is 2.21. The first-order valence-electron chi connectivity index (χ1n) is 7.46. The van der Waals surface area contributed by atoms with Crippen molar-refractivity contribution >= 4 is 0 Å². The van der Waals surface area contributed by atoms with E-state index in [0.29, 0.717) is 5.92 Å². The van der Waals surface area contributed by atoms with Crippen LogP contribution in [0.5, 0.6) is 0 Å². The number of nitrogens with zero attached hydrogens (tertiary/aromatic N) is 5. The molecule has 6 heteroatoms. The topological polar surface area (TPSA) is 60.6 Å². The summed E-state index contributed by atoms with van der Waals surface area (Å²) in [5.41, 5.74) is 0. The molecule has 0 bridgehead atoms. The van der Waals surface area contributed by atoms with Gasteiger partial charge in [-0.1, -0.05) is 6.92 Å². The maximum absolute atomic E-state index is 4.27. The van der Waals surface area contributed by atoms with Crippen LogP contribution in [0.25, 0.3) is 0 Å². The molecule has 6 nitrogen and oxygen atoms in total. The van der Waals surface area contributed by atoms with Crippen molar-refractivity contribution in [2.75, 3.05) is 13.1 Å². The monoisotopic (exact) mass is 274 g/mol. The number of nitrogens with one attached hydrogen (secondary N) is 1. The Morgan fingerprint density at radius 2 is 2.35 bits per heavy atom. The molecule has 0 amide bonds. The van der Waals surface area contributed by atoms with E-state index in [1.165, 1.54) is 6.42 Å². The van der Waals surface area contributed by atoms with E-state index in [2.05, 4.69) is 32.1 Å². The van der Waals surface area contributed by atoms with Gasteiger partial charge in [-0.3, -0.25) is 4.68 Å². The van der Waals surface area contributed by atoms with E-state index in [-0.39, 0.29) is 0 Å². The van der Waals surface area contributed by atoms with E-state index in [9.17, 15) is 0 Å². The van der Waals surface area contributed by atoms with E-state index < -0.39 is 0 Å². The molecule has 0 spiro atoms. The van der Waals surface area contributed by atoms with Gasteiger partial charge < -0.3 is 9.88 Å². The fourth-order valence-electron chi connectivity index (χ4n) is 2.81. The van der Waals surface area contributed by atoms with Crippen molar-refractivity contribution in [3.63, 3.8) is 0 Å². The van der Waals surface area contributed by atoms with Gasteiger partial charge in [0.1, 0.15) is 11.6 Å². The maximum atomic E-state index is 4.27. The third-order valence-electron chi connectivity index (χ3n) is 3.95. The number of aryl methyl sites for hydroxylation is 2. The highest BCUT2D eigenvalue weighted by Crippen LogP contribution is 2.19. The number of fused-ring (bicyclic) bond motifs is 1. The van der Waals surface area contributed by atoms with E-state index in [0.717, 1.165) is 50.7 Å². The Hall–Kier alpha value is -1.69. The molecule has 2 aromatic rings. The van der Waals surface area contributed by atoms with Crippen molar-refractivity contribution in [1.29, 1.82) is 0 Å². The lowest BCUT2D eigenvalue weighted by atomic mass is 9.99. The third kappa shape index (κ3) is 2.90. The van der Waals surface area contributed by atoms with Gasteiger partial charge in [-0.2, -0.15) is 5.10 Å². The minimum atomic E-state index is 0.682. The summed E-state index contributed by atoms with van der Waals surface area (Å²) >= 11 is 0. The summed E-state index contributed by atoms with van der Waals surface area (Å²) in [7, 11) is 0. The van der Waals surface area contributed by atoms with Gasteiger partial charge >= 0.3 is 0 Å². The van der Waals surface area contributed by atoms with Crippen LogP contribution < -0.4 is 5.32 Å². The van der Waals surface area contributed by atoms with Crippen molar-refractivity contribution in [2.45, 2.75) is 39.3 Å². The summed E-state index contributed by atoms with van der Waals surface area (Å²) in [6, 6.07) is 1.96. The van der Waals surface area contributed by atoms with Crippen molar-refractivity contribution < 1.29 is 0 Å². The molecule has 3 rings (SSSR count). The SMILES string of the molecule is CCc1nnc2n1CC(CNCCn1cccn1)CC2. The molecule has 3 heterocycles. The minimum Gasteiger partial charge on any atom is -0.315 e. The Morgan fingerprint density at radius 3 is 3.15 bits per heavy atom. The molecule has 2 aromatic heterocycles. The average Bonchev–Trinajstić information content (AvgIpc) is 3.12. The zero-order valence-corrected chi connectivity index (χ0v) is 12.0. The number of aromatic nitrogens is 5. The molecule has 1 aliphatic rings. The average molecular weight is 274 g/mol. The summed E-state index contributed by atoms with van der Waals surface area (Å²) < 4.78 is 4.27. The standard InChI is InChI=1S/C14H22N6/c1-2-13-17-18-14-5-4-12(11-20(13)14)10-15-7-9-19-8-3-6-16-19/h3,6,8,12,15H,2,4-5,7,9-11H2,1H3. The molecule has 0 saturated heterocycles. The van der Waals surface area contributed by atoms with Crippen LogP contribution in [-0.4, -0.2) is 37.6 Å². The first kappa shape index (κ1) is 13.3. The fraction of sp³-hybridized carbons (Fsp3) is 0.643. The smallest absolute Gasteiger partial charge is 0.133 e. The molecule has 20 heavy (non-hydrogen) atoms. The molecule has 108 valence electrons. The molecular weight excluding hydrogens is 252 g/mol. The molecule has 1 aliphatic heterocycles. The van der Waals surface area contributed by atoms with Crippen LogP contribution in [-0.2, 0) is 25.9 Å². The molecule has 0 fully saturated rings. The minimum absolute atomic E-state index is 0.682. The van der Waals surface area contributed by atoms with Crippen molar-refractivity contribution in [1.82, 2.24) is 29.9 Å². The van der Waals surface area contributed by atoms with Crippen LogP contribution in [0.2, 0.25) is 0 Å². The molecule has 1 unspecified atom stereocenters. The van der Waals surface area contributed by atoms with Crippen LogP contribution in [0, 0.1) is 5.92 Å². The van der Waals surface area contributed by atoms with Gasteiger partial charge in [0.2, 0.25) is 0 Å². The van der Waals surface area contributed by atoms with Crippen LogP contribution in [0.1, 0.15) is 25.0 Å². The van der Waals surface area contributed by atoms with Gasteiger partial charge in [-0.15, -0.1) is 10.2 Å². The summed E-state index contributed by atoms with van der Waals surface area (Å²) in [4.78, 5) is 0. The first-order chi connectivity index (χ1) is 9.86. The molecular formula is C14H22N6. The number of rotatable bonds is 6. The van der Waals surface area contributed by atoms with Crippen LogP contribution in [0.15, 0.2) is 18.5 Å². The highest BCUT2D eigenvalue weighted by molar-refractivity contribution is 5.00. The molecule has 0 aromatic carbocycles. The van der Waals surface area contributed by atoms with E-state index >= 15 is 0 Å². The van der Waals surface area contributed by atoms with Gasteiger partial charge in [-0.05, 0) is 24.9 Å². The largest absolute Gasteiger partial charge is 0.315 e. The number of hydrogen-bond donors (Lipinski definition) is 1. The highest BCUT2D eigenvalue weighted by atomic mass is 15.3. The predicted octanol–water partition coefficient (Wildman–Crippen LogP) is 0.889. The second-order valence-electron chi connectivity index (χ2n) is 5.37. The van der Waals surface area contributed by atoms with E-state index in [1.807, 2.05) is 23.1 Å². The molecule has 0 aliphatic carbocycles. The Morgan fingerprint density at radius 1 is 1.40 bits per heavy atom. The van der Waals surface area contributed by atoms with Crippen LogP contribution >= 0.6 is 0 Å². The number of hydrogen-bond acceptors (Lipinski definition) is 4. The van der Waals surface area contributed by atoms with Gasteiger partial charge in [0.05, 0.1) is 6.54 Å². The van der Waals surface area contributed by atoms with Crippen molar-refractivity contribution in [3.8, 4) is 0 Å². The predicted molar refractivity (Wildman–Crippen MR) is 76.3 cm³/mol. The summed E-state index contributed by atoms with van der Waals surface area (Å²) in [6.45, 7) is 6.15. The van der Waals surface area contributed by atoms with Crippen LogP contribution in [0.4, 0.5) is 0 Å². The Balaban J connectivity index is 1.45. The molecule has 0 radical (unpaired) electrons. The van der Waals surface area contributed by atoms with E-state index in [4.69, 9.17) is 0 Å². The van der Waals surface area contributed by atoms with Gasteiger partial charge in [0, 0.05) is 38.3 Å². The molecule has 0 saturated carbocycles. The van der Waals surface area contributed by atoms with Gasteiger partial charge in [-0.25, -0.2) is 0 Å². The molecule has 1 atom stereocenters. The van der Waals surface area contributed by atoms with E-state index in [1.54, 1.807) is 0 Å². The zero-order valence-electron chi connectivity index (χ0n) is 12.0. The second kappa shape index (κ2) is 6.17. The summed E-state index contributed by atoms with van der Waals surface area (Å²) in [5.74, 6) is 2.97. The molecule has 1 N–H and O–H groups in total. The lowest BCUT2D eigenvalue weighted by Crippen LogP contribution is -2.32. The van der Waals surface area contributed by atoms with Crippen molar-refractivity contribution in [3.05, 3.63) is 30.1 Å². The van der Waals surface area contributed by atoms with Gasteiger partial charge in [0.15, 0.2) is 0 Å². The lowest BCUT2D eigenvalue weighted by molar-refractivity contribution is 0.340. The first-order valence-corrected chi connectivity index (χ1v) is 7.46. The van der Waals surface area contributed by atoms with Crippen molar-refractivity contribution in [2.24, 2.45) is 5.92 Å². The Labute approximate surface area is 119 Å².